The molecule has 1 N–H and O–H groups in total. The third-order valence-corrected chi connectivity index (χ3v) is 3.82. The summed E-state index contributed by atoms with van der Waals surface area (Å²) in [5.74, 6) is -0.0960. The molecule has 0 fully saturated rings. The first-order valence-corrected chi connectivity index (χ1v) is 7.13. The second kappa shape index (κ2) is 6.56. The van der Waals surface area contributed by atoms with Crippen molar-refractivity contribution in [1.29, 1.82) is 0 Å². The standard InChI is InChI=1S/C14H14FNO3S/c1-9(6-13(17)18)20-8-12-7-19-14(16-12)10-2-4-11(15)5-3-10/h2-5,7,9H,6,8H2,1H3,(H,17,18). The largest absolute Gasteiger partial charge is 0.481 e. The summed E-state index contributed by atoms with van der Waals surface area (Å²) in [4.78, 5) is 14.9. The Balaban J connectivity index is 1.95. The number of rotatable bonds is 6. The van der Waals surface area contributed by atoms with Crippen molar-refractivity contribution < 1.29 is 18.7 Å². The number of nitrogens with zero attached hydrogens (tertiary/aromatic N) is 1. The maximum absolute atomic E-state index is 12.8. The highest BCUT2D eigenvalue weighted by Gasteiger charge is 2.11. The van der Waals surface area contributed by atoms with Gasteiger partial charge in [-0.15, -0.1) is 0 Å². The first-order chi connectivity index (χ1) is 9.54. The summed E-state index contributed by atoms with van der Waals surface area (Å²) < 4.78 is 18.2. The van der Waals surface area contributed by atoms with Gasteiger partial charge < -0.3 is 9.52 Å². The zero-order valence-electron chi connectivity index (χ0n) is 10.9. The molecule has 0 radical (unpaired) electrons. The predicted molar refractivity (Wildman–Crippen MR) is 74.9 cm³/mol. The third kappa shape index (κ3) is 4.09. The maximum Gasteiger partial charge on any atom is 0.304 e. The minimum absolute atomic E-state index is 0.0125. The Morgan fingerprint density at radius 1 is 1.45 bits per heavy atom. The zero-order chi connectivity index (χ0) is 14.5. The molecular formula is C14H14FNO3S. The van der Waals surface area contributed by atoms with Crippen LogP contribution in [0, 0.1) is 5.82 Å². The Kier molecular flexibility index (Phi) is 4.79. The number of carbonyl (C=O) groups is 1. The predicted octanol–water partition coefficient (Wildman–Crippen LogP) is 3.58. The summed E-state index contributed by atoms with van der Waals surface area (Å²) in [6.07, 6.45) is 1.66. The molecule has 1 atom stereocenters. The first kappa shape index (κ1) is 14.6. The van der Waals surface area contributed by atoms with Gasteiger partial charge in [-0.05, 0) is 24.3 Å². The lowest BCUT2D eigenvalue weighted by atomic mass is 10.2. The lowest BCUT2D eigenvalue weighted by Crippen LogP contribution is -2.05. The number of aromatic nitrogens is 1. The smallest absolute Gasteiger partial charge is 0.304 e. The zero-order valence-corrected chi connectivity index (χ0v) is 11.7. The Morgan fingerprint density at radius 2 is 2.15 bits per heavy atom. The van der Waals surface area contributed by atoms with E-state index in [0.29, 0.717) is 17.2 Å². The SMILES string of the molecule is CC(CC(=O)O)SCc1coc(-c2ccc(F)cc2)n1. The van der Waals surface area contributed by atoms with Crippen LogP contribution >= 0.6 is 11.8 Å². The van der Waals surface area contributed by atoms with E-state index < -0.39 is 5.97 Å². The molecule has 0 aliphatic rings. The molecule has 6 heteroatoms. The van der Waals surface area contributed by atoms with Crippen LogP contribution in [-0.2, 0) is 10.5 Å². The molecule has 1 heterocycles. The molecule has 2 rings (SSSR count). The van der Waals surface area contributed by atoms with Crippen LogP contribution < -0.4 is 0 Å². The van der Waals surface area contributed by atoms with Crippen molar-refractivity contribution in [3.8, 4) is 11.5 Å². The fourth-order valence-corrected chi connectivity index (χ4v) is 2.48. The molecule has 106 valence electrons. The normalized spacial score (nSPS) is 12.3. The van der Waals surface area contributed by atoms with Crippen LogP contribution in [0.15, 0.2) is 34.9 Å². The van der Waals surface area contributed by atoms with Gasteiger partial charge in [0.25, 0.3) is 0 Å². The number of hydrogen-bond donors (Lipinski definition) is 1. The molecular weight excluding hydrogens is 281 g/mol. The van der Waals surface area contributed by atoms with Crippen molar-refractivity contribution in [1.82, 2.24) is 4.98 Å². The third-order valence-electron chi connectivity index (χ3n) is 2.62. The molecule has 0 aliphatic carbocycles. The van der Waals surface area contributed by atoms with E-state index in [1.807, 2.05) is 6.92 Å². The van der Waals surface area contributed by atoms with E-state index in [4.69, 9.17) is 9.52 Å². The minimum Gasteiger partial charge on any atom is -0.481 e. The van der Waals surface area contributed by atoms with E-state index in [9.17, 15) is 9.18 Å². The quantitative estimate of drug-likeness (QED) is 0.882. The molecule has 20 heavy (non-hydrogen) atoms. The monoisotopic (exact) mass is 295 g/mol. The maximum atomic E-state index is 12.8. The highest BCUT2D eigenvalue weighted by atomic mass is 32.2. The summed E-state index contributed by atoms with van der Waals surface area (Å²) in [6, 6.07) is 5.90. The summed E-state index contributed by atoms with van der Waals surface area (Å²) >= 11 is 1.51. The summed E-state index contributed by atoms with van der Waals surface area (Å²) in [5, 5.41) is 8.69. The average molecular weight is 295 g/mol. The van der Waals surface area contributed by atoms with Crippen molar-refractivity contribution in [3.05, 3.63) is 42.0 Å². The number of carboxylic acid groups (broad SMARTS) is 1. The second-order valence-electron chi connectivity index (χ2n) is 4.37. The van der Waals surface area contributed by atoms with Gasteiger partial charge in [0.2, 0.25) is 5.89 Å². The van der Waals surface area contributed by atoms with Gasteiger partial charge in [-0.2, -0.15) is 11.8 Å². The number of benzene rings is 1. The first-order valence-electron chi connectivity index (χ1n) is 6.08. The lowest BCUT2D eigenvalue weighted by molar-refractivity contribution is -0.136. The van der Waals surface area contributed by atoms with Gasteiger partial charge in [-0.1, -0.05) is 6.92 Å². The highest BCUT2D eigenvalue weighted by Crippen LogP contribution is 2.23. The number of thioether (sulfide) groups is 1. The second-order valence-corrected chi connectivity index (χ2v) is 5.80. The number of hydrogen-bond acceptors (Lipinski definition) is 4. The van der Waals surface area contributed by atoms with E-state index >= 15 is 0 Å². The van der Waals surface area contributed by atoms with Crippen molar-refractivity contribution in [2.45, 2.75) is 24.3 Å². The Bertz CT molecular complexity index is 582. The van der Waals surface area contributed by atoms with Gasteiger partial charge in [-0.25, -0.2) is 9.37 Å². The molecule has 0 saturated carbocycles. The summed E-state index contributed by atoms with van der Waals surface area (Å²) in [7, 11) is 0. The Hall–Kier alpha value is -1.82. The minimum atomic E-state index is -0.808. The van der Waals surface area contributed by atoms with Gasteiger partial charge in [0.15, 0.2) is 0 Å². The lowest BCUT2D eigenvalue weighted by Gasteiger charge is -2.05. The van der Waals surface area contributed by atoms with Crippen LogP contribution in [0.1, 0.15) is 19.0 Å². The van der Waals surface area contributed by atoms with Crippen molar-refractivity contribution in [2.24, 2.45) is 0 Å². The van der Waals surface area contributed by atoms with Gasteiger partial charge >= 0.3 is 5.97 Å². The Morgan fingerprint density at radius 3 is 2.80 bits per heavy atom. The molecule has 4 nitrogen and oxygen atoms in total. The molecule has 1 aromatic heterocycles. The van der Waals surface area contributed by atoms with Crippen molar-refractivity contribution in [3.63, 3.8) is 0 Å². The van der Waals surface area contributed by atoms with Crippen LogP contribution in [0.3, 0.4) is 0 Å². The van der Waals surface area contributed by atoms with Crippen molar-refractivity contribution in [2.75, 3.05) is 0 Å². The van der Waals surface area contributed by atoms with Gasteiger partial charge in [0.1, 0.15) is 12.1 Å². The van der Waals surface area contributed by atoms with E-state index in [2.05, 4.69) is 4.98 Å². The number of carboxylic acids is 1. The Labute approximate surface area is 120 Å². The molecule has 0 bridgehead atoms. The topological polar surface area (TPSA) is 63.3 Å². The van der Waals surface area contributed by atoms with Gasteiger partial charge in [-0.3, -0.25) is 4.79 Å². The fourth-order valence-electron chi connectivity index (χ4n) is 1.63. The van der Waals surface area contributed by atoms with Gasteiger partial charge in [0, 0.05) is 16.6 Å². The van der Waals surface area contributed by atoms with E-state index in [-0.39, 0.29) is 17.5 Å². The van der Waals surface area contributed by atoms with E-state index in [0.717, 1.165) is 5.69 Å². The molecule has 0 spiro atoms. The molecule has 2 aromatic rings. The van der Waals surface area contributed by atoms with Crippen LogP contribution in [0.5, 0.6) is 0 Å². The summed E-state index contributed by atoms with van der Waals surface area (Å²) in [5.41, 5.74) is 1.45. The number of aliphatic carboxylic acids is 1. The summed E-state index contributed by atoms with van der Waals surface area (Å²) in [6.45, 7) is 1.86. The van der Waals surface area contributed by atoms with E-state index in [1.54, 1.807) is 18.4 Å². The van der Waals surface area contributed by atoms with Crippen LogP contribution in [0.2, 0.25) is 0 Å². The van der Waals surface area contributed by atoms with Crippen molar-refractivity contribution >= 4 is 17.7 Å². The molecule has 0 aliphatic heterocycles. The number of halogens is 1. The van der Waals surface area contributed by atoms with Crippen LogP contribution in [0.4, 0.5) is 4.39 Å². The average Bonchev–Trinajstić information content (AvgIpc) is 2.85. The van der Waals surface area contributed by atoms with Crippen LogP contribution in [0.25, 0.3) is 11.5 Å². The van der Waals surface area contributed by atoms with Gasteiger partial charge in [0.05, 0.1) is 12.1 Å². The number of oxazole rings is 1. The molecule has 0 saturated heterocycles. The fraction of sp³-hybridized carbons (Fsp3) is 0.286. The molecule has 0 amide bonds. The highest BCUT2D eigenvalue weighted by molar-refractivity contribution is 7.99. The molecule has 1 unspecified atom stereocenters. The molecule has 1 aromatic carbocycles. The van der Waals surface area contributed by atoms with E-state index in [1.165, 1.54) is 23.9 Å². The van der Waals surface area contributed by atoms with Crippen LogP contribution in [-0.4, -0.2) is 21.3 Å².